The first kappa shape index (κ1) is 16.6. The molecule has 0 bridgehead atoms. The van der Waals surface area contributed by atoms with Crippen LogP contribution in [0.2, 0.25) is 0 Å². The third-order valence-corrected chi connectivity index (χ3v) is 3.66. The van der Waals surface area contributed by atoms with Crippen LogP contribution in [-0.4, -0.2) is 24.4 Å². The van der Waals surface area contributed by atoms with Gasteiger partial charge in [0.2, 0.25) is 0 Å². The molecule has 0 unspecified atom stereocenters. The molecule has 0 fully saturated rings. The summed E-state index contributed by atoms with van der Waals surface area (Å²) in [6.07, 6.45) is 1.16. The first-order chi connectivity index (χ1) is 10.5. The summed E-state index contributed by atoms with van der Waals surface area (Å²) < 4.78 is 11.6. The molecule has 1 aliphatic rings. The zero-order chi connectivity index (χ0) is 16.1. The van der Waals surface area contributed by atoms with Gasteiger partial charge in [-0.15, -0.1) is 0 Å². The summed E-state index contributed by atoms with van der Waals surface area (Å²) in [5.41, 5.74) is 3.30. The molecule has 0 saturated heterocycles. The Bertz CT molecular complexity index is 572. The molecule has 0 aliphatic carbocycles. The molecule has 1 heterocycles. The van der Waals surface area contributed by atoms with Gasteiger partial charge < -0.3 is 20.1 Å². The van der Waals surface area contributed by atoms with E-state index in [0.717, 1.165) is 29.1 Å². The van der Waals surface area contributed by atoms with E-state index in [1.54, 1.807) is 0 Å². The molecule has 0 saturated carbocycles. The maximum atomic E-state index is 5.82. The van der Waals surface area contributed by atoms with Crippen molar-refractivity contribution < 1.29 is 9.47 Å². The van der Waals surface area contributed by atoms with Gasteiger partial charge in [0.05, 0.1) is 6.61 Å². The topological polar surface area (TPSA) is 42.5 Å². The van der Waals surface area contributed by atoms with Gasteiger partial charge in [0, 0.05) is 30.6 Å². The Kier molecular flexibility index (Phi) is 5.66. The van der Waals surface area contributed by atoms with E-state index in [4.69, 9.17) is 21.7 Å². The fourth-order valence-corrected chi connectivity index (χ4v) is 2.52. The molecule has 1 aromatic carbocycles. The average molecular weight is 320 g/mol. The summed E-state index contributed by atoms with van der Waals surface area (Å²) in [5.74, 6) is 1.85. The highest BCUT2D eigenvalue weighted by molar-refractivity contribution is 7.80. The van der Waals surface area contributed by atoms with Gasteiger partial charge in [-0.25, -0.2) is 0 Å². The van der Waals surface area contributed by atoms with Gasteiger partial charge in [-0.3, -0.25) is 0 Å². The molecular weight excluding hydrogens is 296 g/mol. The van der Waals surface area contributed by atoms with E-state index in [9.17, 15) is 0 Å². The number of nitrogens with one attached hydrogen (secondary N) is 2. The fourth-order valence-electron chi connectivity index (χ4n) is 2.38. The highest BCUT2D eigenvalue weighted by Crippen LogP contribution is 2.35. The van der Waals surface area contributed by atoms with Gasteiger partial charge in [0.25, 0.3) is 0 Å². The molecule has 0 spiro atoms. The predicted molar refractivity (Wildman–Crippen MR) is 93.7 cm³/mol. The van der Waals surface area contributed by atoms with Crippen molar-refractivity contribution in [1.82, 2.24) is 10.6 Å². The van der Waals surface area contributed by atoms with Crippen molar-refractivity contribution in [1.29, 1.82) is 0 Å². The summed E-state index contributed by atoms with van der Waals surface area (Å²) in [4.78, 5) is 0. The number of fused-ring (bicyclic) bond motifs is 1. The number of thiocarbonyl (C=S) groups is 1. The van der Waals surface area contributed by atoms with Crippen LogP contribution in [0.15, 0.2) is 24.3 Å². The van der Waals surface area contributed by atoms with Gasteiger partial charge in [0.15, 0.2) is 5.11 Å². The lowest BCUT2D eigenvalue weighted by atomic mass is 10.1. The SMILES string of the molecule is C=C(C)CNC(=S)NCc1cc2c(cc1OCC)C[C@@H](C)O2. The zero-order valence-corrected chi connectivity index (χ0v) is 14.3. The second kappa shape index (κ2) is 7.49. The lowest BCUT2D eigenvalue weighted by molar-refractivity contribution is 0.254. The smallest absolute Gasteiger partial charge is 0.166 e. The molecule has 0 aromatic heterocycles. The summed E-state index contributed by atoms with van der Waals surface area (Å²) >= 11 is 5.26. The third kappa shape index (κ3) is 4.37. The first-order valence-electron chi connectivity index (χ1n) is 7.61. The standard InChI is InChI=1S/C17H24N2O2S/c1-5-20-15-7-13-6-12(4)21-16(13)8-14(15)10-19-17(22)18-9-11(2)3/h7-8,12H,2,5-6,9-10H2,1,3-4H3,(H2,18,19,22)/t12-/m1/s1. The largest absolute Gasteiger partial charge is 0.494 e. The Hall–Kier alpha value is -1.75. The lowest BCUT2D eigenvalue weighted by Gasteiger charge is -2.15. The summed E-state index contributed by atoms with van der Waals surface area (Å²) in [6.45, 7) is 11.8. The van der Waals surface area contributed by atoms with Crippen molar-refractivity contribution in [2.75, 3.05) is 13.2 Å². The minimum atomic E-state index is 0.228. The molecule has 4 nitrogen and oxygen atoms in total. The second-order valence-electron chi connectivity index (χ2n) is 5.63. The molecule has 5 heteroatoms. The van der Waals surface area contributed by atoms with Gasteiger partial charge >= 0.3 is 0 Å². The number of benzene rings is 1. The molecule has 120 valence electrons. The molecule has 1 aliphatic heterocycles. The fraction of sp³-hybridized carbons (Fsp3) is 0.471. The Morgan fingerprint density at radius 2 is 2.23 bits per heavy atom. The predicted octanol–water partition coefficient (Wildman–Crippen LogP) is 2.95. The quantitative estimate of drug-likeness (QED) is 0.623. The molecule has 2 rings (SSSR count). The van der Waals surface area contributed by atoms with Crippen LogP contribution in [0.5, 0.6) is 11.5 Å². The van der Waals surface area contributed by atoms with Crippen LogP contribution >= 0.6 is 12.2 Å². The number of rotatable bonds is 6. The number of ether oxygens (including phenoxy) is 2. The van der Waals surface area contributed by atoms with Gasteiger partial charge in [0.1, 0.15) is 17.6 Å². The molecule has 0 amide bonds. The molecule has 22 heavy (non-hydrogen) atoms. The van der Waals surface area contributed by atoms with Gasteiger partial charge in [-0.05, 0) is 45.1 Å². The average Bonchev–Trinajstić information content (AvgIpc) is 2.82. The Balaban J connectivity index is 2.04. The maximum Gasteiger partial charge on any atom is 0.166 e. The van der Waals surface area contributed by atoms with E-state index in [2.05, 4.69) is 36.3 Å². The van der Waals surface area contributed by atoms with Crippen LogP contribution in [0.1, 0.15) is 31.9 Å². The van der Waals surface area contributed by atoms with Crippen molar-refractivity contribution in [3.8, 4) is 11.5 Å². The Morgan fingerprint density at radius 3 is 2.91 bits per heavy atom. The molecule has 1 atom stereocenters. The molecule has 0 radical (unpaired) electrons. The van der Waals surface area contributed by atoms with Crippen molar-refractivity contribution in [2.45, 2.75) is 39.8 Å². The van der Waals surface area contributed by atoms with Crippen LogP contribution in [-0.2, 0) is 13.0 Å². The van der Waals surface area contributed by atoms with Crippen molar-refractivity contribution in [2.24, 2.45) is 0 Å². The minimum absolute atomic E-state index is 0.228. The normalized spacial score (nSPS) is 15.7. The second-order valence-corrected chi connectivity index (χ2v) is 6.03. The summed E-state index contributed by atoms with van der Waals surface area (Å²) in [6, 6.07) is 4.14. The minimum Gasteiger partial charge on any atom is -0.494 e. The van der Waals surface area contributed by atoms with Gasteiger partial charge in [-0.1, -0.05) is 12.2 Å². The highest BCUT2D eigenvalue weighted by Gasteiger charge is 2.21. The first-order valence-corrected chi connectivity index (χ1v) is 8.01. The van der Waals surface area contributed by atoms with E-state index in [1.165, 1.54) is 5.56 Å². The van der Waals surface area contributed by atoms with E-state index < -0.39 is 0 Å². The Labute approximate surface area is 137 Å². The molecule has 1 aromatic rings. The maximum absolute atomic E-state index is 5.82. The Morgan fingerprint density at radius 1 is 1.45 bits per heavy atom. The highest BCUT2D eigenvalue weighted by atomic mass is 32.1. The molecular formula is C17H24N2O2S. The zero-order valence-electron chi connectivity index (χ0n) is 13.5. The number of hydrogen-bond donors (Lipinski definition) is 2. The van der Waals surface area contributed by atoms with Crippen LogP contribution in [0.25, 0.3) is 0 Å². The van der Waals surface area contributed by atoms with Crippen molar-refractivity contribution in [3.63, 3.8) is 0 Å². The van der Waals surface area contributed by atoms with Crippen LogP contribution in [0.3, 0.4) is 0 Å². The van der Waals surface area contributed by atoms with E-state index in [0.29, 0.717) is 24.8 Å². The summed E-state index contributed by atoms with van der Waals surface area (Å²) in [5, 5.41) is 6.92. The molecule has 2 N–H and O–H groups in total. The van der Waals surface area contributed by atoms with E-state index in [1.807, 2.05) is 13.8 Å². The third-order valence-electron chi connectivity index (χ3n) is 3.37. The van der Waals surface area contributed by atoms with Crippen LogP contribution in [0.4, 0.5) is 0 Å². The monoisotopic (exact) mass is 320 g/mol. The van der Waals surface area contributed by atoms with Crippen LogP contribution in [0, 0.1) is 0 Å². The lowest BCUT2D eigenvalue weighted by Crippen LogP contribution is -2.35. The van der Waals surface area contributed by atoms with E-state index >= 15 is 0 Å². The van der Waals surface area contributed by atoms with Crippen LogP contribution < -0.4 is 20.1 Å². The van der Waals surface area contributed by atoms with Gasteiger partial charge in [-0.2, -0.15) is 0 Å². The number of hydrogen-bond acceptors (Lipinski definition) is 3. The van der Waals surface area contributed by atoms with E-state index in [-0.39, 0.29) is 6.10 Å². The van der Waals surface area contributed by atoms with Crippen molar-refractivity contribution in [3.05, 3.63) is 35.4 Å². The van der Waals surface area contributed by atoms with Crippen molar-refractivity contribution >= 4 is 17.3 Å². The summed E-state index contributed by atoms with van der Waals surface area (Å²) in [7, 11) is 0.